The van der Waals surface area contributed by atoms with Gasteiger partial charge in [0.25, 0.3) is 0 Å². The summed E-state index contributed by atoms with van der Waals surface area (Å²) in [6, 6.07) is 0.884. The van der Waals surface area contributed by atoms with E-state index in [1.165, 1.54) is 0 Å². The second-order valence-electron chi connectivity index (χ2n) is 10.8. The van der Waals surface area contributed by atoms with E-state index in [1.54, 1.807) is 0 Å². The molecule has 4 heteroatoms. The number of hydrogen-bond acceptors (Lipinski definition) is 3. The van der Waals surface area contributed by atoms with E-state index in [-0.39, 0.29) is 22.2 Å². The largest absolute Gasteiger partial charge is 0.371 e. The Morgan fingerprint density at radius 1 is 0.750 bits per heavy atom. The van der Waals surface area contributed by atoms with Crippen molar-refractivity contribution in [3.63, 3.8) is 0 Å². The first kappa shape index (κ1) is 19.7. The van der Waals surface area contributed by atoms with Gasteiger partial charge in [-0.1, -0.05) is 0 Å². The molecule has 0 unspecified atom stereocenters. The van der Waals surface area contributed by atoms with Gasteiger partial charge in [-0.3, -0.25) is 4.99 Å². The van der Waals surface area contributed by atoms with Crippen molar-refractivity contribution in [2.45, 2.75) is 122 Å². The zero-order valence-electron chi connectivity index (χ0n) is 17.4. The Kier molecular flexibility index (Phi) is 5.16. The van der Waals surface area contributed by atoms with Crippen LogP contribution in [-0.2, 0) is 0 Å². The number of rotatable bonds is 2. The molecule has 140 valence electrons. The first-order chi connectivity index (χ1) is 10.7. The predicted molar refractivity (Wildman–Crippen MR) is 105 cm³/mol. The van der Waals surface area contributed by atoms with Crippen molar-refractivity contribution >= 4 is 5.84 Å². The smallest absolute Gasteiger partial charge is 0.0937 e. The van der Waals surface area contributed by atoms with Crippen molar-refractivity contribution in [1.29, 1.82) is 0 Å². The third-order valence-corrected chi connectivity index (χ3v) is 5.15. The molecule has 0 aliphatic carbocycles. The molecule has 0 spiro atoms. The van der Waals surface area contributed by atoms with Crippen LogP contribution in [0.25, 0.3) is 0 Å². The van der Waals surface area contributed by atoms with Crippen LogP contribution in [0, 0.1) is 0 Å². The van der Waals surface area contributed by atoms with Crippen molar-refractivity contribution in [3.8, 4) is 0 Å². The minimum absolute atomic E-state index is 0.148. The number of amidine groups is 1. The molecule has 0 aromatic rings. The first-order valence-electron chi connectivity index (χ1n) is 9.57. The zero-order valence-corrected chi connectivity index (χ0v) is 17.4. The van der Waals surface area contributed by atoms with Gasteiger partial charge in [-0.15, -0.1) is 0 Å². The molecule has 0 aromatic carbocycles. The van der Waals surface area contributed by atoms with E-state index in [2.05, 4.69) is 78.3 Å². The predicted octanol–water partition coefficient (Wildman–Crippen LogP) is 3.61. The molecule has 0 amide bonds. The fourth-order valence-corrected chi connectivity index (χ4v) is 5.39. The average Bonchev–Trinajstić information content (AvgIpc) is 2.17. The summed E-state index contributed by atoms with van der Waals surface area (Å²) < 4.78 is 0. The summed E-state index contributed by atoms with van der Waals surface area (Å²) in [6.07, 6.45) is 4.45. The lowest BCUT2D eigenvalue weighted by Crippen LogP contribution is -2.62. The molecule has 2 fully saturated rings. The number of piperidine rings is 2. The van der Waals surface area contributed by atoms with E-state index in [1.807, 2.05) is 0 Å². The molecule has 0 bridgehead atoms. The maximum atomic E-state index is 5.06. The number of nitrogens with one attached hydrogen (secondary N) is 3. The van der Waals surface area contributed by atoms with Crippen LogP contribution in [0.1, 0.15) is 88.0 Å². The monoisotopic (exact) mass is 336 g/mol. The van der Waals surface area contributed by atoms with Crippen LogP contribution in [0.5, 0.6) is 0 Å². The van der Waals surface area contributed by atoms with Crippen molar-refractivity contribution in [1.82, 2.24) is 16.0 Å². The lowest BCUT2D eigenvalue weighted by molar-refractivity contribution is 0.154. The topological polar surface area (TPSA) is 48.5 Å². The Morgan fingerprint density at radius 3 is 1.54 bits per heavy atom. The molecule has 2 heterocycles. The number of aliphatic imine (C=N–C) groups is 1. The van der Waals surface area contributed by atoms with Crippen LogP contribution in [0.4, 0.5) is 0 Å². The number of nitrogens with zero attached hydrogens (tertiary/aromatic N) is 1. The summed E-state index contributed by atoms with van der Waals surface area (Å²) >= 11 is 0. The van der Waals surface area contributed by atoms with Crippen LogP contribution in [0.2, 0.25) is 0 Å². The Balaban J connectivity index is 2.03. The van der Waals surface area contributed by atoms with Crippen molar-refractivity contribution in [3.05, 3.63) is 0 Å². The molecule has 24 heavy (non-hydrogen) atoms. The average molecular weight is 337 g/mol. The Bertz CT molecular complexity index is 456. The summed E-state index contributed by atoms with van der Waals surface area (Å²) in [6.45, 7) is 20.5. The molecule has 2 saturated heterocycles. The van der Waals surface area contributed by atoms with E-state index in [0.29, 0.717) is 12.1 Å². The van der Waals surface area contributed by atoms with Crippen molar-refractivity contribution in [2.75, 3.05) is 0 Å². The molecule has 0 radical (unpaired) electrons. The van der Waals surface area contributed by atoms with Gasteiger partial charge in [-0.05, 0) is 88.0 Å². The molecule has 2 aliphatic heterocycles. The van der Waals surface area contributed by atoms with Crippen molar-refractivity contribution < 1.29 is 0 Å². The Labute approximate surface area is 149 Å². The van der Waals surface area contributed by atoms with Gasteiger partial charge in [0.2, 0.25) is 0 Å². The van der Waals surface area contributed by atoms with E-state index in [9.17, 15) is 0 Å². The normalized spacial score (nSPS) is 30.1. The van der Waals surface area contributed by atoms with Gasteiger partial charge >= 0.3 is 0 Å². The molecule has 2 rings (SSSR count). The highest BCUT2D eigenvalue weighted by molar-refractivity contribution is 5.80. The first-order valence-corrected chi connectivity index (χ1v) is 9.57. The van der Waals surface area contributed by atoms with E-state index in [0.717, 1.165) is 31.5 Å². The second kappa shape index (κ2) is 6.28. The van der Waals surface area contributed by atoms with Crippen LogP contribution in [0.15, 0.2) is 4.99 Å². The van der Waals surface area contributed by atoms with E-state index in [4.69, 9.17) is 4.99 Å². The summed E-state index contributed by atoms with van der Waals surface area (Å²) in [5.74, 6) is 1.10. The maximum absolute atomic E-state index is 5.06. The van der Waals surface area contributed by atoms with Gasteiger partial charge in [0, 0.05) is 28.2 Å². The highest BCUT2D eigenvalue weighted by atomic mass is 15.1. The lowest BCUT2D eigenvalue weighted by Gasteiger charge is -2.47. The van der Waals surface area contributed by atoms with Gasteiger partial charge in [-0.25, -0.2) is 0 Å². The Morgan fingerprint density at radius 2 is 1.12 bits per heavy atom. The third-order valence-electron chi connectivity index (χ3n) is 5.15. The van der Waals surface area contributed by atoms with Gasteiger partial charge < -0.3 is 16.0 Å². The third kappa shape index (κ3) is 5.73. The van der Waals surface area contributed by atoms with E-state index >= 15 is 0 Å². The quantitative estimate of drug-likeness (QED) is 0.533. The molecule has 0 atom stereocenters. The summed E-state index contributed by atoms with van der Waals surface area (Å²) in [4.78, 5) is 5.06. The van der Waals surface area contributed by atoms with Crippen LogP contribution in [-0.4, -0.2) is 40.1 Å². The highest BCUT2D eigenvalue weighted by Crippen LogP contribution is 2.31. The minimum Gasteiger partial charge on any atom is -0.371 e. The summed E-state index contributed by atoms with van der Waals surface area (Å²) in [5, 5.41) is 11.2. The highest BCUT2D eigenvalue weighted by Gasteiger charge is 2.39. The van der Waals surface area contributed by atoms with Crippen LogP contribution >= 0.6 is 0 Å². The lowest BCUT2D eigenvalue weighted by atomic mass is 9.79. The summed E-state index contributed by atoms with van der Waals surface area (Å²) in [7, 11) is 0. The standard InChI is InChI=1S/C20H40N4/c1-14(21-15-10-17(2,3)23-18(4,5)11-15)22-16-12-19(6,7)24-20(8,9)13-16/h15-16,23-24H,10-13H2,1-9H3,(H,21,22). The zero-order chi connectivity index (χ0) is 18.4. The second-order valence-corrected chi connectivity index (χ2v) is 10.8. The van der Waals surface area contributed by atoms with Crippen LogP contribution in [0.3, 0.4) is 0 Å². The Hall–Kier alpha value is -0.610. The molecular weight excluding hydrogens is 296 g/mol. The van der Waals surface area contributed by atoms with Crippen LogP contribution < -0.4 is 16.0 Å². The molecule has 3 N–H and O–H groups in total. The van der Waals surface area contributed by atoms with E-state index < -0.39 is 0 Å². The fourth-order valence-electron chi connectivity index (χ4n) is 5.39. The fraction of sp³-hybridized carbons (Fsp3) is 0.950. The minimum atomic E-state index is 0.148. The SMILES string of the molecule is CC(=NC1CC(C)(C)NC(C)(C)C1)NC1CC(C)(C)NC(C)(C)C1. The molecule has 4 nitrogen and oxygen atoms in total. The molecule has 0 aromatic heterocycles. The molecule has 2 aliphatic rings. The van der Waals surface area contributed by atoms with Gasteiger partial charge in [-0.2, -0.15) is 0 Å². The van der Waals surface area contributed by atoms with Gasteiger partial charge in [0.15, 0.2) is 0 Å². The van der Waals surface area contributed by atoms with Crippen molar-refractivity contribution in [2.24, 2.45) is 4.99 Å². The number of hydrogen-bond donors (Lipinski definition) is 3. The maximum Gasteiger partial charge on any atom is 0.0937 e. The molecule has 0 saturated carbocycles. The molecular formula is C20H40N4. The summed E-state index contributed by atoms with van der Waals surface area (Å²) in [5.41, 5.74) is 0.626. The van der Waals surface area contributed by atoms with Gasteiger partial charge in [0.1, 0.15) is 0 Å². The van der Waals surface area contributed by atoms with Gasteiger partial charge in [0.05, 0.1) is 11.9 Å².